The summed E-state index contributed by atoms with van der Waals surface area (Å²) in [4.78, 5) is 33.5. The van der Waals surface area contributed by atoms with E-state index in [2.05, 4.69) is 55.5 Å². The van der Waals surface area contributed by atoms with Gasteiger partial charge in [0.1, 0.15) is 18.0 Å². The molecule has 0 bridgehead atoms. The molecule has 0 amide bonds. The summed E-state index contributed by atoms with van der Waals surface area (Å²) in [6.45, 7) is 0. The summed E-state index contributed by atoms with van der Waals surface area (Å²) in [5.41, 5.74) is 1.19. The molecule has 13 heteroatoms. The number of fused-ring (bicyclic) bond motifs is 1. The highest BCUT2D eigenvalue weighted by Crippen LogP contribution is 2.39. The molecule has 0 spiro atoms. The molecular weight excluding hydrogens is 438 g/mol. The summed E-state index contributed by atoms with van der Waals surface area (Å²) < 4.78 is 12.0. The van der Waals surface area contributed by atoms with E-state index in [9.17, 15) is 0 Å². The lowest BCUT2D eigenvalue weighted by Crippen LogP contribution is -1.96. The number of H-pyrrole nitrogens is 4. The number of hydrogen-bond acceptors (Lipinski definition) is 9. The molecule has 168 valence electrons. The van der Waals surface area contributed by atoms with Crippen molar-refractivity contribution < 1.29 is 9.47 Å². The van der Waals surface area contributed by atoms with Crippen LogP contribution in [-0.2, 0) is 0 Å². The molecular formula is C21H17N11O2. The van der Waals surface area contributed by atoms with Crippen molar-refractivity contribution in [2.75, 3.05) is 10.6 Å². The Labute approximate surface area is 191 Å². The van der Waals surface area contributed by atoms with Crippen molar-refractivity contribution in [2.24, 2.45) is 0 Å². The van der Waals surface area contributed by atoms with Crippen molar-refractivity contribution in [1.82, 2.24) is 44.9 Å². The van der Waals surface area contributed by atoms with Crippen molar-refractivity contribution in [2.45, 2.75) is 0 Å². The molecule has 0 radical (unpaired) electrons. The second-order valence-corrected chi connectivity index (χ2v) is 7.01. The first-order valence-corrected chi connectivity index (χ1v) is 10.2. The number of nitrogens with zero attached hydrogens (tertiary/aromatic N) is 5. The molecule has 6 heterocycles. The van der Waals surface area contributed by atoms with Crippen LogP contribution in [0.2, 0.25) is 0 Å². The van der Waals surface area contributed by atoms with Gasteiger partial charge in [-0.3, -0.25) is 4.98 Å². The Morgan fingerprint density at radius 2 is 1.15 bits per heavy atom. The van der Waals surface area contributed by atoms with E-state index >= 15 is 0 Å². The summed E-state index contributed by atoms with van der Waals surface area (Å²) in [6.07, 6.45) is 11.3. The van der Waals surface area contributed by atoms with E-state index in [-0.39, 0.29) is 11.8 Å². The monoisotopic (exact) mass is 455 g/mol. The lowest BCUT2D eigenvalue weighted by molar-refractivity contribution is 0.451. The highest BCUT2D eigenvalue weighted by atomic mass is 16.5. The SMILES string of the molecule is c1c[nH]c(Nc2[nH]cnc2Oc2ncnc(Oc3nc[nH]c3Nc3ccc[nH]3)c3cncc2-3)c1. The number of rotatable bonds is 8. The van der Waals surface area contributed by atoms with Crippen LogP contribution in [0.25, 0.3) is 11.1 Å². The third-order valence-corrected chi connectivity index (χ3v) is 4.82. The Morgan fingerprint density at radius 1 is 0.618 bits per heavy atom. The van der Waals surface area contributed by atoms with Crippen molar-refractivity contribution in [1.29, 1.82) is 0 Å². The molecule has 34 heavy (non-hydrogen) atoms. The van der Waals surface area contributed by atoms with Gasteiger partial charge in [-0.25, -0.2) is 19.9 Å². The summed E-state index contributed by atoms with van der Waals surface area (Å²) in [5.74, 6) is 3.83. The zero-order valence-corrected chi connectivity index (χ0v) is 17.4. The van der Waals surface area contributed by atoms with E-state index < -0.39 is 0 Å². The van der Waals surface area contributed by atoms with Crippen LogP contribution in [0.3, 0.4) is 0 Å². The van der Waals surface area contributed by atoms with Gasteiger partial charge in [-0.1, -0.05) is 0 Å². The molecule has 0 saturated heterocycles. The lowest BCUT2D eigenvalue weighted by atomic mass is 10.2. The number of aromatic amines is 4. The average Bonchev–Trinajstić information content (AvgIpc) is 3.66. The molecule has 13 nitrogen and oxygen atoms in total. The fourth-order valence-corrected chi connectivity index (χ4v) is 3.27. The maximum atomic E-state index is 6.01. The molecule has 4 aromatic rings. The number of aromatic nitrogens is 9. The summed E-state index contributed by atoms with van der Waals surface area (Å²) in [7, 11) is 0. The van der Waals surface area contributed by atoms with Crippen LogP contribution in [0, 0.1) is 0 Å². The second-order valence-electron chi connectivity index (χ2n) is 7.01. The quantitative estimate of drug-likeness (QED) is 0.197. The number of hydrogen-bond donors (Lipinski definition) is 6. The largest absolute Gasteiger partial charge is 0.416 e. The molecule has 0 unspecified atom stereocenters. The number of anilines is 4. The maximum Gasteiger partial charge on any atom is 0.264 e. The Kier molecular flexibility index (Phi) is 4.73. The van der Waals surface area contributed by atoms with Gasteiger partial charge in [-0.2, -0.15) is 0 Å². The summed E-state index contributed by atoms with van der Waals surface area (Å²) >= 11 is 0. The minimum atomic E-state index is 0.267. The van der Waals surface area contributed by atoms with Crippen LogP contribution in [-0.4, -0.2) is 44.9 Å². The molecule has 2 aliphatic rings. The molecule has 6 N–H and O–H groups in total. The summed E-state index contributed by atoms with van der Waals surface area (Å²) in [5, 5.41) is 6.33. The third-order valence-electron chi connectivity index (χ3n) is 4.82. The predicted octanol–water partition coefficient (Wildman–Crippen LogP) is 4.15. The van der Waals surface area contributed by atoms with Crippen molar-refractivity contribution in [3.8, 4) is 34.6 Å². The molecule has 4 aromatic heterocycles. The van der Waals surface area contributed by atoms with Gasteiger partial charge in [0.25, 0.3) is 11.8 Å². The Morgan fingerprint density at radius 3 is 1.62 bits per heavy atom. The standard InChI is InChI=1S/C21H17N11O2/c1-3-14(23-5-1)31-16-20(29-9-25-16)33-18-12-7-22-8-13(12)19(28-11-27-18)34-21-17(26-10-30-21)32-15-4-2-6-24-15/h1-11,23-24,31-32H,(H,25,29)(H,26,30). The fourth-order valence-electron chi connectivity index (χ4n) is 3.27. The van der Waals surface area contributed by atoms with Gasteiger partial charge in [-0.05, 0) is 24.3 Å². The van der Waals surface area contributed by atoms with Gasteiger partial charge in [0.15, 0.2) is 11.6 Å². The zero-order chi connectivity index (χ0) is 22.7. The molecule has 0 fully saturated rings. The van der Waals surface area contributed by atoms with Crippen molar-refractivity contribution in [3.63, 3.8) is 0 Å². The Bertz CT molecular complexity index is 1360. The number of imidazole rings is 2. The highest BCUT2D eigenvalue weighted by molar-refractivity contribution is 5.74. The minimum Gasteiger partial charge on any atom is -0.416 e. The van der Waals surface area contributed by atoms with Gasteiger partial charge in [0, 0.05) is 24.8 Å². The van der Waals surface area contributed by atoms with Gasteiger partial charge >= 0.3 is 0 Å². The molecule has 0 saturated carbocycles. The highest BCUT2D eigenvalue weighted by Gasteiger charge is 2.21. The number of ether oxygens (including phenoxy) is 2. The first kappa shape index (κ1) is 19.4. The molecule has 2 aliphatic heterocycles. The Balaban J connectivity index is 1.26. The van der Waals surface area contributed by atoms with E-state index in [0.717, 1.165) is 11.6 Å². The van der Waals surface area contributed by atoms with E-state index in [4.69, 9.17) is 9.47 Å². The van der Waals surface area contributed by atoms with Gasteiger partial charge in [-0.15, -0.1) is 0 Å². The normalized spacial score (nSPS) is 10.9. The van der Waals surface area contributed by atoms with Gasteiger partial charge in [0.2, 0.25) is 11.8 Å². The van der Waals surface area contributed by atoms with E-state index in [1.807, 2.05) is 36.7 Å². The fraction of sp³-hybridized carbons (Fsp3) is 0. The van der Waals surface area contributed by atoms with Crippen LogP contribution in [0.5, 0.6) is 23.5 Å². The minimum absolute atomic E-state index is 0.267. The van der Waals surface area contributed by atoms with Crippen LogP contribution < -0.4 is 20.1 Å². The van der Waals surface area contributed by atoms with Crippen LogP contribution >= 0.6 is 0 Å². The lowest BCUT2D eigenvalue weighted by Gasteiger charge is -2.08. The molecule has 0 aliphatic carbocycles. The van der Waals surface area contributed by atoms with Crippen LogP contribution in [0.1, 0.15) is 0 Å². The van der Waals surface area contributed by atoms with Gasteiger partial charge in [0.05, 0.1) is 23.8 Å². The average molecular weight is 455 g/mol. The number of nitrogens with one attached hydrogen (secondary N) is 6. The molecule has 6 rings (SSSR count). The first-order chi connectivity index (χ1) is 16.8. The van der Waals surface area contributed by atoms with E-state index in [1.165, 1.54) is 19.0 Å². The second kappa shape index (κ2) is 8.31. The topological polar surface area (TPSA) is 170 Å². The van der Waals surface area contributed by atoms with Crippen LogP contribution in [0.15, 0.2) is 68.0 Å². The molecule has 0 aromatic carbocycles. The first-order valence-electron chi connectivity index (χ1n) is 10.2. The predicted molar refractivity (Wildman–Crippen MR) is 122 cm³/mol. The van der Waals surface area contributed by atoms with E-state index in [1.54, 1.807) is 12.4 Å². The van der Waals surface area contributed by atoms with E-state index in [0.29, 0.717) is 34.5 Å². The summed E-state index contributed by atoms with van der Waals surface area (Å²) in [6, 6.07) is 7.52. The Hall–Kier alpha value is -5.33. The zero-order valence-electron chi connectivity index (χ0n) is 17.4. The maximum absolute atomic E-state index is 6.01. The molecule has 0 atom stereocenters. The third kappa shape index (κ3) is 3.73. The van der Waals surface area contributed by atoms with Crippen LogP contribution in [0.4, 0.5) is 23.3 Å². The smallest absolute Gasteiger partial charge is 0.264 e. The van der Waals surface area contributed by atoms with Gasteiger partial charge < -0.3 is 40.0 Å². The van der Waals surface area contributed by atoms with Crippen molar-refractivity contribution in [3.05, 3.63) is 68.0 Å². The van der Waals surface area contributed by atoms with Crippen molar-refractivity contribution >= 4 is 23.3 Å².